The first-order chi connectivity index (χ1) is 12.4. The Balaban J connectivity index is 2.13. The average Bonchev–Trinajstić information content (AvgIpc) is 3.08. The van der Waals surface area contributed by atoms with Crippen molar-refractivity contribution >= 4 is 57.5 Å². The molecule has 0 saturated carbocycles. The number of thiazole rings is 1. The number of ether oxygens (including phenoxy) is 1. The quantitative estimate of drug-likeness (QED) is 0.171. The zero-order valence-electron chi connectivity index (χ0n) is 13.6. The first kappa shape index (κ1) is 19.6. The number of oxime groups is 1. The van der Waals surface area contributed by atoms with Crippen LogP contribution in [0.4, 0.5) is 5.13 Å². The number of β-lactam (4-membered cyclic amide) rings is 1. The Hall–Kier alpha value is -2.73. The lowest BCUT2D eigenvalue weighted by Gasteiger charge is -2.34. The molecule has 3 N–H and O–H groups in total. The minimum atomic E-state index is -1.11. The highest BCUT2D eigenvalue weighted by molar-refractivity contribution is 7.14. The number of alkyl halides is 1. The number of nitrogens with one attached hydrogen (secondary N) is 3. The molecule has 11 nitrogen and oxygen atoms in total. The highest BCUT2D eigenvalue weighted by atomic mass is 35.5. The number of hydrogen-bond acceptors (Lipinski definition) is 9. The van der Waals surface area contributed by atoms with E-state index in [9.17, 15) is 19.2 Å². The van der Waals surface area contributed by atoms with E-state index in [1.165, 1.54) is 12.5 Å². The van der Waals surface area contributed by atoms with E-state index in [2.05, 4.69) is 35.7 Å². The van der Waals surface area contributed by atoms with Crippen molar-refractivity contribution in [3.63, 3.8) is 0 Å². The molecule has 1 aliphatic rings. The van der Waals surface area contributed by atoms with Gasteiger partial charge in [-0.15, -0.1) is 22.9 Å². The van der Waals surface area contributed by atoms with Gasteiger partial charge in [0.25, 0.3) is 5.91 Å². The van der Waals surface area contributed by atoms with Crippen LogP contribution in [0, 0.1) is 0 Å². The molecule has 1 aromatic rings. The molecule has 2 unspecified atom stereocenters. The normalized spacial score (nSPS) is 19.0. The van der Waals surface area contributed by atoms with Gasteiger partial charge in [0, 0.05) is 5.38 Å². The Morgan fingerprint density at radius 1 is 1.42 bits per heavy atom. The summed E-state index contributed by atoms with van der Waals surface area (Å²) in [4.78, 5) is 55.5. The molecule has 0 bridgehead atoms. The third-order valence-corrected chi connectivity index (χ3v) is 4.17. The maximum absolute atomic E-state index is 12.4. The second kappa shape index (κ2) is 8.58. The van der Waals surface area contributed by atoms with Crippen LogP contribution in [0.3, 0.4) is 0 Å². The maximum atomic E-state index is 12.4. The lowest BCUT2D eigenvalue weighted by atomic mass is 9.99. The van der Waals surface area contributed by atoms with E-state index < -0.39 is 35.8 Å². The monoisotopic (exact) mass is 403 g/mol. The average molecular weight is 404 g/mol. The van der Waals surface area contributed by atoms with E-state index in [0.29, 0.717) is 0 Å². The summed E-state index contributed by atoms with van der Waals surface area (Å²) in [7, 11) is 2.39. The largest absolute Gasteiger partial charge is 0.467 e. The lowest BCUT2D eigenvalue weighted by molar-refractivity contribution is -0.153. The van der Waals surface area contributed by atoms with Crippen LogP contribution in [0.2, 0.25) is 0 Å². The summed E-state index contributed by atoms with van der Waals surface area (Å²) in [6.45, 7) is 0. The molecule has 1 saturated heterocycles. The van der Waals surface area contributed by atoms with E-state index in [4.69, 9.17) is 11.6 Å². The first-order valence-corrected chi connectivity index (χ1v) is 8.44. The van der Waals surface area contributed by atoms with Gasteiger partial charge in [0.2, 0.25) is 11.8 Å². The fraction of sp³-hybridized carbons (Fsp3) is 0.385. The number of hydrogen-bond donors (Lipinski definition) is 3. The summed E-state index contributed by atoms with van der Waals surface area (Å²) in [6, 6.07) is -2.10. The van der Waals surface area contributed by atoms with Crippen LogP contribution in [0.5, 0.6) is 0 Å². The molecule has 13 heteroatoms. The van der Waals surface area contributed by atoms with Crippen LogP contribution in [0.25, 0.3) is 0 Å². The number of carbonyl (C=O) groups is 4. The van der Waals surface area contributed by atoms with Crippen molar-refractivity contribution < 1.29 is 28.8 Å². The summed E-state index contributed by atoms with van der Waals surface area (Å²) >= 11 is 6.44. The Bertz CT molecular complexity index is 766. The van der Waals surface area contributed by atoms with Crippen molar-refractivity contribution in [1.29, 1.82) is 0 Å². The molecule has 1 fully saturated rings. The Labute approximate surface area is 156 Å². The van der Waals surface area contributed by atoms with Crippen LogP contribution < -0.4 is 16.0 Å². The second-order valence-electron chi connectivity index (χ2n) is 4.80. The molecular weight excluding hydrogens is 390 g/mol. The summed E-state index contributed by atoms with van der Waals surface area (Å²) in [5.41, 5.74) is -0.132. The summed E-state index contributed by atoms with van der Waals surface area (Å²) in [6.07, 6.45) is 0. The predicted molar refractivity (Wildman–Crippen MR) is 90.9 cm³/mol. The lowest BCUT2D eigenvalue weighted by Crippen LogP contribution is -2.72. The molecule has 0 spiro atoms. The van der Waals surface area contributed by atoms with Gasteiger partial charge in [-0.25, -0.2) is 9.78 Å². The third-order valence-electron chi connectivity index (χ3n) is 3.17. The molecule has 2 atom stereocenters. The van der Waals surface area contributed by atoms with Crippen LogP contribution in [0.15, 0.2) is 10.5 Å². The van der Waals surface area contributed by atoms with Gasteiger partial charge >= 0.3 is 5.97 Å². The van der Waals surface area contributed by atoms with E-state index >= 15 is 0 Å². The number of amides is 3. The first-order valence-electron chi connectivity index (χ1n) is 7.03. The Morgan fingerprint density at radius 3 is 2.73 bits per heavy atom. The van der Waals surface area contributed by atoms with E-state index in [1.807, 2.05) is 0 Å². The number of nitrogens with zero attached hydrogens (tertiary/aromatic N) is 2. The van der Waals surface area contributed by atoms with Gasteiger partial charge in [-0.3, -0.25) is 14.4 Å². The standard InChI is InChI=1S/C13H14ClN5O6S/c1-24-12(23)9-8(11(22)18-9)17-10(21)7(19-25-2)5-4-26-13(15-5)16-6(20)3-14/h4,8-9H,3H2,1-2H3,(H,17,21)(H,18,22)(H,15,16,20)/b19-7-. The molecule has 1 aliphatic heterocycles. The minimum absolute atomic E-state index is 0.105. The number of rotatable bonds is 7. The van der Waals surface area contributed by atoms with Gasteiger partial charge in [0.15, 0.2) is 16.9 Å². The van der Waals surface area contributed by atoms with E-state index in [-0.39, 0.29) is 22.4 Å². The SMILES string of the molecule is CO/N=C(\C(=O)NC1C(=O)NC1C(=O)OC)c1csc(NC(=O)CCl)n1. The van der Waals surface area contributed by atoms with Gasteiger partial charge in [0.1, 0.15) is 24.7 Å². The van der Waals surface area contributed by atoms with E-state index in [0.717, 1.165) is 18.4 Å². The van der Waals surface area contributed by atoms with Crippen molar-refractivity contribution in [2.45, 2.75) is 12.1 Å². The van der Waals surface area contributed by atoms with Gasteiger partial charge in [0.05, 0.1) is 7.11 Å². The topological polar surface area (TPSA) is 148 Å². The fourth-order valence-corrected chi connectivity index (χ4v) is 2.73. The molecule has 26 heavy (non-hydrogen) atoms. The van der Waals surface area contributed by atoms with Crippen LogP contribution in [0.1, 0.15) is 5.69 Å². The Morgan fingerprint density at radius 2 is 2.15 bits per heavy atom. The number of aromatic nitrogens is 1. The smallest absolute Gasteiger partial charge is 0.331 e. The number of halogens is 1. The number of esters is 1. The number of carbonyl (C=O) groups excluding carboxylic acids is 4. The van der Waals surface area contributed by atoms with Crippen molar-refractivity contribution in [3.8, 4) is 0 Å². The van der Waals surface area contributed by atoms with Gasteiger partial charge < -0.3 is 25.5 Å². The molecule has 3 amide bonds. The van der Waals surface area contributed by atoms with Gasteiger partial charge in [-0.2, -0.15) is 0 Å². The van der Waals surface area contributed by atoms with Gasteiger partial charge in [-0.05, 0) is 0 Å². The molecule has 1 aromatic heterocycles. The minimum Gasteiger partial charge on any atom is -0.467 e. The third kappa shape index (κ3) is 4.26. The van der Waals surface area contributed by atoms with Crippen molar-refractivity contribution in [3.05, 3.63) is 11.1 Å². The van der Waals surface area contributed by atoms with Crippen LogP contribution in [-0.4, -0.2) is 66.6 Å². The highest BCUT2D eigenvalue weighted by Crippen LogP contribution is 2.17. The molecule has 0 radical (unpaired) electrons. The predicted octanol–water partition coefficient (Wildman–Crippen LogP) is -1.17. The van der Waals surface area contributed by atoms with E-state index in [1.54, 1.807) is 0 Å². The molecular formula is C13H14ClN5O6S. The fourth-order valence-electron chi connectivity index (χ4n) is 1.95. The zero-order valence-corrected chi connectivity index (χ0v) is 15.1. The summed E-state index contributed by atoms with van der Waals surface area (Å²) < 4.78 is 4.54. The van der Waals surface area contributed by atoms with Crippen molar-refractivity contribution in [1.82, 2.24) is 15.6 Å². The summed E-state index contributed by atoms with van der Waals surface area (Å²) in [5.74, 6) is -2.74. The van der Waals surface area contributed by atoms with Crippen LogP contribution >= 0.6 is 22.9 Å². The molecule has 0 aromatic carbocycles. The van der Waals surface area contributed by atoms with Crippen LogP contribution in [-0.2, 0) is 28.8 Å². The highest BCUT2D eigenvalue weighted by Gasteiger charge is 2.46. The Kier molecular flexibility index (Phi) is 6.46. The van der Waals surface area contributed by atoms with Crippen molar-refractivity contribution in [2.75, 3.05) is 25.4 Å². The van der Waals surface area contributed by atoms with Gasteiger partial charge in [-0.1, -0.05) is 5.16 Å². The van der Waals surface area contributed by atoms with Crippen molar-refractivity contribution in [2.24, 2.45) is 5.16 Å². The second-order valence-corrected chi connectivity index (χ2v) is 5.93. The molecule has 140 valence electrons. The molecule has 0 aliphatic carbocycles. The molecule has 2 heterocycles. The summed E-state index contributed by atoms with van der Waals surface area (Å²) in [5, 5.41) is 12.4. The molecule has 2 rings (SSSR count). The zero-order chi connectivity index (χ0) is 19.3. The number of anilines is 1. The number of methoxy groups -OCH3 is 1. The maximum Gasteiger partial charge on any atom is 0.331 e.